The van der Waals surface area contributed by atoms with E-state index in [2.05, 4.69) is 10.6 Å². The summed E-state index contributed by atoms with van der Waals surface area (Å²) in [5.74, 6) is 1.13. The summed E-state index contributed by atoms with van der Waals surface area (Å²) in [6.07, 6.45) is 1.01. The molecule has 0 bridgehead atoms. The quantitative estimate of drug-likeness (QED) is 0.724. The lowest BCUT2D eigenvalue weighted by molar-refractivity contribution is -0.123. The predicted molar refractivity (Wildman–Crippen MR) is 101 cm³/mol. The predicted octanol–water partition coefficient (Wildman–Crippen LogP) is 2.78. The first-order valence-electron chi connectivity index (χ1n) is 8.53. The number of benzene rings is 2. The van der Waals surface area contributed by atoms with E-state index >= 15 is 0 Å². The lowest BCUT2D eigenvalue weighted by Crippen LogP contribution is -2.28. The molecule has 0 fully saturated rings. The first kappa shape index (κ1) is 19.3. The first-order valence-corrected chi connectivity index (χ1v) is 8.53. The molecule has 0 saturated carbocycles. The minimum absolute atomic E-state index is 0.0277. The fourth-order valence-corrected chi connectivity index (χ4v) is 2.34. The van der Waals surface area contributed by atoms with Crippen LogP contribution in [-0.2, 0) is 16.0 Å². The largest absolute Gasteiger partial charge is 0.497 e. The van der Waals surface area contributed by atoms with Crippen molar-refractivity contribution >= 4 is 17.5 Å². The number of aryl methyl sites for hydroxylation is 1. The number of likely N-dealkylation sites (N-methyl/N-ethyl adjacent to an activating group) is 1. The zero-order valence-electron chi connectivity index (χ0n) is 15.1. The maximum Gasteiger partial charge on any atom is 0.257 e. The summed E-state index contributed by atoms with van der Waals surface area (Å²) < 4.78 is 10.6. The van der Waals surface area contributed by atoms with Crippen molar-refractivity contribution in [1.29, 1.82) is 0 Å². The number of ether oxygens (including phenoxy) is 2. The number of anilines is 1. The maximum absolute atomic E-state index is 12.1. The van der Waals surface area contributed by atoms with Gasteiger partial charge in [-0.25, -0.2) is 0 Å². The zero-order valence-corrected chi connectivity index (χ0v) is 15.1. The molecule has 0 atom stereocenters. The Labute approximate surface area is 153 Å². The number of carbonyl (C=O) groups is 2. The Morgan fingerprint density at radius 2 is 1.77 bits per heavy atom. The van der Waals surface area contributed by atoms with E-state index < -0.39 is 0 Å². The van der Waals surface area contributed by atoms with Gasteiger partial charge in [0.15, 0.2) is 6.61 Å². The molecule has 6 nitrogen and oxygen atoms in total. The molecule has 0 aromatic heterocycles. The molecule has 2 N–H and O–H groups in total. The zero-order chi connectivity index (χ0) is 18.8. The Kier molecular flexibility index (Phi) is 7.49. The number of hydrogen-bond donors (Lipinski definition) is 2. The summed E-state index contributed by atoms with van der Waals surface area (Å²) in [5.41, 5.74) is 1.74. The molecular formula is C20H24N2O4. The van der Waals surface area contributed by atoms with E-state index in [0.717, 1.165) is 11.3 Å². The van der Waals surface area contributed by atoms with Gasteiger partial charge in [-0.1, -0.05) is 12.1 Å². The second-order valence-corrected chi connectivity index (χ2v) is 5.67. The normalized spacial score (nSPS) is 10.1. The van der Waals surface area contributed by atoms with Crippen LogP contribution in [0.1, 0.15) is 18.9 Å². The smallest absolute Gasteiger partial charge is 0.257 e. The van der Waals surface area contributed by atoms with Gasteiger partial charge in [0.2, 0.25) is 5.91 Å². The van der Waals surface area contributed by atoms with Crippen LogP contribution in [-0.4, -0.2) is 32.1 Å². The van der Waals surface area contributed by atoms with E-state index in [9.17, 15) is 9.59 Å². The lowest BCUT2D eigenvalue weighted by atomic mass is 10.1. The summed E-state index contributed by atoms with van der Waals surface area (Å²) in [5, 5.41) is 5.51. The third kappa shape index (κ3) is 6.47. The highest BCUT2D eigenvalue weighted by atomic mass is 16.5. The molecule has 0 aliphatic heterocycles. The van der Waals surface area contributed by atoms with Crippen LogP contribution in [0.4, 0.5) is 5.69 Å². The van der Waals surface area contributed by atoms with Crippen molar-refractivity contribution < 1.29 is 19.1 Å². The Hall–Kier alpha value is -3.02. The van der Waals surface area contributed by atoms with Crippen LogP contribution in [0.2, 0.25) is 0 Å². The number of nitrogens with one attached hydrogen (secondary N) is 2. The Morgan fingerprint density at radius 3 is 2.46 bits per heavy atom. The van der Waals surface area contributed by atoms with Gasteiger partial charge in [0, 0.05) is 18.7 Å². The van der Waals surface area contributed by atoms with E-state index in [1.807, 2.05) is 31.2 Å². The molecule has 26 heavy (non-hydrogen) atoms. The van der Waals surface area contributed by atoms with Crippen LogP contribution in [0.25, 0.3) is 0 Å². The van der Waals surface area contributed by atoms with Crippen LogP contribution in [0.5, 0.6) is 11.5 Å². The minimum atomic E-state index is -0.164. The van der Waals surface area contributed by atoms with Crippen molar-refractivity contribution in [3.05, 3.63) is 54.1 Å². The summed E-state index contributed by atoms with van der Waals surface area (Å²) in [6, 6.07) is 14.6. The minimum Gasteiger partial charge on any atom is -0.497 e. The van der Waals surface area contributed by atoms with E-state index in [-0.39, 0.29) is 18.4 Å². The molecule has 138 valence electrons. The standard InChI is InChI=1S/C20H24N2O4/c1-3-21-20(24)14-26-17-10-8-16(9-11-17)22-19(23)12-7-15-5-4-6-18(13-15)25-2/h4-6,8-11,13H,3,7,12,14H2,1-2H3,(H,21,24)(H,22,23). The summed E-state index contributed by atoms with van der Waals surface area (Å²) >= 11 is 0. The summed E-state index contributed by atoms with van der Waals surface area (Å²) in [7, 11) is 1.62. The monoisotopic (exact) mass is 356 g/mol. The molecular weight excluding hydrogens is 332 g/mol. The fraction of sp³-hybridized carbons (Fsp3) is 0.300. The van der Waals surface area contributed by atoms with Crippen molar-refractivity contribution in [3.8, 4) is 11.5 Å². The molecule has 0 saturated heterocycles. The van der Waals surface area contributed by atoms with Crippen molar-refractivity contribution in [2.24, 2.45) is 0 Å². The Balaban J connectivity index is 1.78. The molecule has 2 amide bonds. The van der Waals surface area contributed by atoms with Gasteiger partial charge in [-0.2, -0.15) is 0 Å². The van der Waals surface area contributed by atoms with Gasteiger partial charge in [-0.3, -0.25) is 9.59 Å². The van der Waals surface area contributed by atoms with Crippen molar-refractivity contribution in [1.82, 2.24) is 5.32 Å². The van der Waals surface area contributed by atoms with Gasteiger partial charge in [0.1, 0.15) is 11.5 Å². The van der Waals surface area contributed by atoms with E-state index in [4.69, 9.17) is 9.47 Å². The molecule has 0 aliphatic carbocycles. The highest BCUT2D eigenvalue weighted by molar-refractivity contribution is 5.90. The average molecular weight is 356 g/mol. The second-order valence-electron chi connectivity index (χ2n) is 5.67. The Morgan fingerprint density at radius 1 is 1.00 bits per heavy atom. The van der Waals surface area contributed by atoms with Gasteiger partial charge in [-0.15, -0.1) is 0 Å². The van der Waals surface area contributed by atoms with Gasteiger partial charge in [-0.05, 0) is 55.3 Å². The van der Waals surface area contributed by atoms with Crippen molar-refractivity contribution in [3.63, 3.8) is 0 Å². The molecule has 6 heteroatoms. The third-order valence-corrected chi connectivity index (χ3v) is 3.66. The fourth-order valence-electron chi connectivity index (χ4n) is 2.34. The van der Waals surface area contributed by atoms with E-state index in [1.54, 1.807) is 31.4 Å². The molecule has 2 aromatic rings. The first-order chi connectivity index (χ1) is 12.6. The number of rotatable bonds is 9. The number of amides is 2. The van der Waals surface area contributed by atoms with Crippen molar-refractivity contribution in [2.75, 3.05) is 25.6 Å². The van der Waals surface area contributed by atoms with Gasteiger partial charge in [0.05, 0.1) is 7.11 Å². The molecule has 2 aromatic carbocycles. The van der Waals surface area contributed by atoms with E-state index in [0.29, 0.717) is 30.8 Å². The maximum atomic E-state index is 12.1. The third-order valence-electron chi connectivity index (χ3n) is 3.66. The second kappa shape index (κ2) is 10.1. The molecule has 0 radical (unpaired) electrons. The van der Waals surface area contributed by atoms with Gasteiger partial charge in [0.25, 0.3) is 5.91 Å². The lowest BCUT2D eigenvalue weighted by Gasteiger charge is -2.09. The number of methoxy groups -OCH3 is 1. The van der Waals surface area contributed by atoms with Crippen LogP contribution in [0.3, 0.4) is 0 Å². The number of hydrogen-bond acceptors (Lipinski definition) is 4. The topological polar surface area (TPSA) is 76.7 Å². The van der Waals surface area contributed by atoms with Crippen LogP contribution < -0.4 is 20.1 Å². The highest BCUT2D eigenvalue weighted by Crippen LogP contribution is 2.17. The SMILES string of the molecule is CCNC(=O)COc1ccc(NC(=O)CCc2cccc(OC)c2)cc1. The molecule has 2 rings (SSSR count). The van der Waals surface area contributed by atoms with Gasteiger partial charge < -0.3 is 20.1 Å². The Bertz CT molecular complexity index is 729. The van der Waals surface area contributed by atoms with E-state index in [1.165, 1.54) is 0 Å². The number of carbonyl (C=O) groups excluding carboxylic acids is 2. The van der Waals surface area contributed by atoms with Crippen molar-refractivity contribution in [2.45, 2.75) is 19.8 Å². The van der Waals surface area contributed by atoms with Crippen LogP contribution in [0.15, 0.2) is 48.5 Å². The molecule has 0 unspecified atom stereocenters. The van der Waals surface area contributed by atoms with Gasteiger partial charge >= 0.3 is 0 Å². The van der Waals surface area contributed by atoms with Crippen LogP contribution >= 0.6 is 0 Å². The molecule has 0 spiro atoms. The average Bonchev–Trinajstić information content (AvgIpc) is 2.66. The molecule has 0 aliphatic rings. The molecule has 0 heterocycles. The van der Waals surface area contributed by atoms with Crippen LogP contribution in [0, 0.1) is 0 Å². The highest BCUT2D eigenvalue weighted by Gasteiger charge is 2.05. The summed E-state index contributed by atoms with van der Waals surface area (Å²) in [4.78, 5) is 23.4. The summed E-state index contributed by atoms with van der Waals surface area (Å²) in [6.45, 7) is 2.40.